The molecule has 14 heavy (non-hydrogen) atoms. The molecule has 1 aromatic carbocycles. The lowest BCUT2D eigenvalue weighted by Gasteiger charge is -2.04. The van der Waals surface area contributed by atoms with Gasteiger partial charge in [0.2, 0.25) is 0 Å². The first-order valence-electron chi connectivity index (χ1n) is 4.61. The van der Waals surface area contributed by atoms with Crippen molar-refractivity contribution in [3.63, 3.8) is 0 Å². The van der Waals surface area contributed by atoms with Gasteiger partial charge in [-0.25, -0.2) is 8.78 Å². The van der Waals surface area contributed by atoms with Crippen molar-refractivity contribution in [3.05, 3.63) is 35.4 Å². The number of hydrogen-bond donors (Lipinski definition) is 0. The maximum Gasteiger partial charge on any atom is 0.264 e. The second kappa shape index (κ2) is 8.67. The fourth-order valence-corrected chi connectivity index (χ4v) is 1.07. The Kier molecular flexibility index (Phi) is 9.63. The molecule has 0 saturated carbocycles. The SMILES string of the molecule is C.CC.CCc1ccccc1C(F)F. The monoisotopic (exact) mass is 202 g/mol. The molecule has 1 rings (SSSR count). The van der Waals surface area contributed by atoms with Crippen LogP contribution in [0.3, 0.4) is 0 Å². The maximum atomic E-state index is 12.2. The Bertz CT molecular complexity index is 232. The van der Waals surface area contributed by atoms with Crippen LogP contribution in [-0.2, 0) is 6.42 Å². The highest BCUT2D eigenvalue weighted by Gasteiger charge is 2.09. The molecular formula is C12H20F2. The van der Waals surface area contributed by atoms with E-state index in [2.05, 4.69) is 0 Å². The molecule has 0 atom stereocenters. The number of benzene rings is 1. The third-order valence-corrected chi connectivity index (χ3v) is 1.67. The Morgan fingerprint density at radius 2 is 1.64 bits per heavy atom. The van der Waals surface area contributed by atoms with E-state index in [0.717, 1.165) is 5.56 Å². The van der Waals surface area contributed by atoms with Crippen molar-refractivity contribution in [2.24, 2.45) is 0 Å². The average molecular weight is 202 g/mol. The highest BCUT2D eigenvalue weighted by atomic mass is 19.3. The predicted molar refractivity (Wildman–Crippen MR) is 58.9 cm³/mol. The summed E-state index contributed by atoms with van der Waals surface area (Å²) in [5, 5.41) is 0. The van der Waals surface area contributed by atoms with Crippen molar-refractivity contribution >= 4 is 0 Å². The van der Waals surface area contributed by atoms with Crippen LogP contribution in [0, 0.1) is 0 Å². The van der Waals surface area contributed by atoms with E-state index in [9.17, 15) is 8.78 Å². The Morgan fingerprint density at radius 3 is 2.00 bits per heavy atom. The summed E-state index contributed by atoms with van der Waals surface area (Å²) in [6, 6.07) is 6.64. The summed E-state index contributed by atoms with van der Waals surface area (Å²) in [7, 11) is 0. The van der Waals surface area contributed by atoms with Crippen molar-refractivity contribution in [2.45, 2.75) is 41.0 Å². The van der Waals surface area contributed by atoms with Gasteiger partial charge in [0, 0.05) is 5.56 Å². The molecule has 0 spiro atoms. The Balaban J connectivity index is 0. The maximum absolute atomic E-state index is 12.2. The number of alkyl halides is 2. The molecule has 0 N–H and O–H groups in total. The fourth-order valence-electron chi connectivity index (χ4n) is 1.07. The summed E-state index contributed by atoms with van der Waals surface area (Å²) >= 11 is 0. The zero-order valence-electron chi connectivity index (χ0n) is 8.35. The molecule has 0 unspecified atom stereocenters. The van der Waals surface area contributed by atoms with Crippen LogP contribution in [0.2, 0.25) is 0 Å². The lowest BCUT2D eigenvalue weighted by molar-refractivity contribution is 0.150. The molecule has 0 heterocycles. The summed E-state index contributed by atoms with van der Waals surface area (Å²) in [5.41, 5.74) is 0.900. The van der Waals surface area contributed by atoms with Crippen LogP contribution >= 0.6 is 0 Å². The van der Waals surface area contributed by atoms with E-state index in [0.29, 0.717) is 6.42 Å². The molecule has 0 fully saturated rings. The van der Waals surface area contributed by atoms with Crippen molar-refractivity contribution in [2.75, 3.05) is 0 Å². The van der Waals surface area contributed by atoms with E-state index in [-0.39, 0.29) is 13.0 Å². The molecule has 0 radical (unpaired) electrons. The van der Waals surface area contributed by atoms with Crippen molar-refractivity contribution in [1.29, 1.82) is 0 Å². The molecule has 0 nitrogen and oxygen atoms in total. The first-order chi connectivity index (χ1) is 6.25. The van der Waals surface area contributed by atoms with Crippen molar-refractivity contribution in [1.82, 2.24) is 0 Å². The average Bonchev–Trinajstić information content (AvgIpc) is 2.20. The molecule has 0 amide bonds. The summed E-state index contributed by atoms with van der Waals surface area (Å²) in [6.45, 7) is 5.88. The predicted octanol–water partition coefficient (Wildman–Crippen LogP) is 4.85. The van der Waals surface area contributed by atoms with E-state index in [1.807, 2.05) is 20.8 Å². The summed E-state index contributed by atoms with van der Waals surface area (Å²) < 4.78 is 24.4. The highest BCUT2D eigenvalue weighted by molar-refractivity contribution is 5.27. The van der Waals surface area contributed by atoms with Gasteiger partial charge in [-0.1, -0.05) is 52.5 Å². The van der Waals surface area contributed by atoms with Crippen LogP contribution in [0.4, 0.5) is 8.78 Å². The van der Waals surface area contributed by atoms with E-state index in [1.165, 1.54) is 6.07 Å². The lowest BCUT2D eigenvalue weighted by atomic mass is 10.1. The van der Waals surface area contributed by atoms with Gasteiger partial charge < -0.3 is 0 Å². The number of aryl methyl sites for hydroxylation is 1. The van der Waals surface area contributed by atoms with Gasteiger partial charge in [0.05, 0.1) is 0 Å². The minimum Gasteiger partial charge on any atom is -0.205 e. The molecule has 0 bridgehead atoms. The minimum absolute atomic E-state index is 0. The van der Waals surface area contributed by atoms with Crippen molar-refractivity contribution < 1.29 is 8.78 Å². The van der Waals surface area contributed by atoms with Crippen LogP contribution in [0.25, 0.3) is 0 Å². The standard InChI is InChI=1S/C9H10F2.C2H6.CH4/c1-2-7-5-3-4-6-8(7)9(10)11;1-2;/h3-6,9H,2H2,1H3;1-2H3;1H4. The zero-order valence-corrected chi connectivity index (χ0v) is 8.35. The van der Waals surface area contributed by atoms with Gasteiger partial charge in [0.15, 0.2) is 0 Å². The first-order valence-corrected chi connectivity index (χ1v) is 4.61. The third kappa shape index (κ3) is 4.35. The Hall–Kier alpha value is -0.920. The van der Waals surface area contributed by atoms with E-state index in [4.69, 9.17) is 0 Å². The molecule has 0 saturated heterocycles. The van der Waals surface area contributed by atoms with Crippen LogP contribution in [0.5, 0.6) is 0 Å². The fraction of sp³-hybridized carbons (Fsp3) is 0.500. The largest absolute Gasteiger partial charge is 0.264 e. The normalized spacial score (nSPS) is 8.71. The third-order valence-electron chi connectivity index (χ3n) is 1.67. The molecule has 0 aliphatic heterocycles. The van der Waals surface area contributed by atoms with Gasteiger partial charge in [-0.3, -0.25) is 0 Å². The summed E-state index contributed by atoms with van der Waals surface area (Å²) in [5.74, 6) is 0. The highest BCUT2D eigenvalue weighted by Crippen LogP contribution is 2.22. The topological polar surface area (TPSA) is 0 Å². The smallest absolute Gasteiger partial charge is 0.205 e. The second-order valence-electron chi connectivity index (χ2n) is 2.35. The van der Waals surface area contributed by atoms with Crippen LogP contribution < -0.4 is 0 Å². The Labute approximate surface area is 86.0 Å². The van der Waals surface area contributed by atoms with Crippen LogP contribution in [0.15, 0.2) is 24.3 Å². The van der Waals surface area contributed by atoms with E-state index < -0.39 is 6.43 Å². The first kappa shape index (κ1) is 15.5. The minimum atomic E-state index is -2.34. The van der Waals surface area contributed by atoms with Crippen LogP contribution in [-0.4, -0.2) is 0 Å². The molecule has 0 aliphatic carbocycles. The van der Waals surface area contributed by atoms with Gasteiger partial charge in [-0.05, 0) is 12.0 Å². The van der Waals surface area contributed by atoms with Crippen molar-refractivity contribution in [3.8, 4) is 0 Å². The molecule has 82 valence electrons. The molecule has 0 aliphatic rings. The molecule has 2 heteroatoms. The number of rotatable bonds is 2. The Morgan fingerprint density at radius 1 is 1.14 bits per heavy atom. The molecular weight excluding hydrogens is 182 g/mol. The van der Waals surface area contributed by atoms with E-state index >= 15 is 0 Å². The van der Waals surface area contributed by atoms with Gasteiger partial charge >= 0.3 is 0 Å². The zero-order chi connectivity index (χ0) is 10.3. The number of hydrogen-bond acceptors (Lipinski definition) is 0. The van der Waals surface area contributed by atoms with E-state index in [1.54, 1.807) is 18.2 Å². The van der Waals surface area contributed by atoms with Gasteiger partial charge in [-0.15, -0.1) is 0 Å². The molecule has 1 aromatic rings. The summed E-state index contributed by atoms with van der Waals surface area (Å²) in [4.78, 5) is 0. The second-order valence-corrected chi connectivity index (χ2v) is 2.35. The van der Waals surface area contributed by atoms with Gasteiger partial charge in [0.25, 0.3) is 6.43 Å². The summed E-state index contributed by atoms with van der Waals surface area (Å²) in [6.07, 6.45) is -1.67. The van der Waals surface area contributed by atoms with Gasteiger partial charge in [0.1, 0.15) is 0 Å². The van der Waals surface area contributed by atoms with Gasteiger partial charge in [-0.2, -0.15) is 0 Å². The van der Waals surface area contributed by atoms with Crippen LogP contribution in [0.1, 0.15) is 45.8 Å². The lowest BCUT2D eigenvalue weighted by Crippen LogP contribution is -1.91. The quantitative estimate of drug-likeness (QED) is 0.643. The number of halogens is 2. The molecule has 0 aromatic heterocycles.